The molecule has 0 bridgehead atoms. The zero-order chi connectivity index (χ0) is 17.5. The standard InChI is InChI=1S/C17H17N3O4S/c21-16(11-24-13-4-2-1-3-5-13)19-20-17(25)18-12-6-7-14-15(10-12)23-9-8-22-14/h1-7,10H,8-9,11H2,(H,19,21)(H2,18,20,25). The van der Waals surface area contributed by atoms with Crippen LogP contribution in [0.15, 0.2) is 48.5 Å². The maximum Gasteiger partial charge on any atom is 0.276 e. The van der Waals surface area contributed by atoms with Crippen LogP contribution >= 0.6 is 12.2 Å². The van der Waals surface area contributed by atoms with Crippen molar-refractivity contribution in [2.24, 2.45) is 0 Å². The number of anilines is 1. The largest absolute Gasteiger partial charge is 0.486 e. The molecule has 0 aliphatic carbocycles. The Morgan fingerprint density at radius 2 is 1.80 bits per heavy atom. The molecule has 1 amide bonds. The van der Waals surface area contributed by atoms with E-state index < -0.39 is 0 Å². The van der Waals surface area contributed by atoms with Gasteiger partial charge in [0, 0.05) is 11.8 Å². The van der Waals surface area contributed by atoms with Gasteiger partial charge in [-0.3, -0.25) is 15.6 Å². The molecule has 25 heavy (non-hydrogen) atoms. The number of fused-ring (bicyclic) bond motifs is 1. The first-order valence-corrected chi connectivity index (χ1v) is 8.05. The van der Waals surface area contributed by atoms with E-state index in [1.807, 2.05) is 24.3 Å². The molecule has 0 spiro atoms. The summed E-state index contributed by atoms with van der Waals surface area (Å²) in [6.07, 6.45) is 0. The molecule has 0 atom stereocenters. The lowest BCUT2D eigenvalue weighted by Gasteiger charge is -2.19. The fourth-order valence-electron chi connectivity index (χ4n) is 2.11. The molecule has 0 unspecified atom stereocenters. The molecule has 0 saturated heterocycles. The van der Waals surface area contributed by atoms with E-state index in [0.717, 1.165) is 5.69 Å². The summed E-state index contributed by atoms with van der Waals surface area (Å²) in [4.78, 5) is 11.7. The topological polar surface area (TPSA) is 80.9 Å². The summed E-state index contributed by atoms with van der Waals surface area (Å²) in [5, 5.41) is 3.19. The summed E-state index contributed by atoms with van der Waals surface area (Å²) in [6, 6.07) is 14.5. The highest BCUT2D eigenvalue weighted by Gasteiger charge is 2.12. The summed E-state index contributed by atoms with van der Waals surface area (Å²) in [6.45, 7) is 0.928. The second-order valence-corrected chi connectivity index (χ2v) is 5.50. The third-order valence-corrected chi connectivity index (χ3v) is 3.43. The minimum atomic E-state index is -0.352. The smallest absolute Gasteiger partial charge is 0.276 e. The predicted octanol–water partition coefficient (Wildman–Crippen LogP) is 1.85. The number of ether oxygens (including phenoxy) is 3. The number of hydrazine groups is 1. The molecule has 7 nitrogen and oxygen atoms in total. The van der Waals surface area contributed by atoms with Crippen LogP contribution in [0, 0.1) is 0 Å². The van der Waals surface area contributed by atoms with Crippen molar-refractivity contribution in [3.05, 3.63) is 48.5 Å². The van der Waals surface area contributed by atoms with Crippen molar-refractivity contribution in [2.75, 3.05) is 25.1 Å². The Hall–Kier alpha value is -3.00. The highest BCUT2D eigenvalue weighted by Crippen LogP contribution is 2.32. The molecule has 3 N–H and O–H groups in total. The monoisotopic (exact) mass is 359 g/mol. The molecular formula is C17H17N3O4S. The molecule has 0 saturated carbocycles. The van der Waals surface area contributed by atoms with Gasteiger partial charge in [-0.2, -0.15) is 0 Å². The van der Waals surface area contributed by atoms with Gasteiger partial charge in [0.05, 0.1) is 0 Å². The van der Waals surface area contributed by atoms with E-state index in [2.05, 4.69) is 16.2 Å². The van der Waals surface area contributed by atoms with E-state index in [9.17, 15) is 4.79 Å². The van der Waals surface area contributed by atoms with E-state index in [0.29, 0.717) is 30.5 Å². The Morgan fingerprint density at radius 1 is 1.04 bits per heavy atom. The third kappa shape index (κ3) is 4.98. The first kappa shape index (κ1) is 16.8. The average Bonchev–Trinajstić information content (AvgIpc) is 2.65. The highest BCUT2D eigenvalue weighted by molar-refractivity contribution is 7.80. The Morgan fingerprint density at radius 3 is 2.60 bits per heavy atom. The SMILES string of the molecule is O=C(COc1ccccc1)NNC(=S)Nc1ccc2c(c1)OCCO2. The maximum absolute atomic E-state index is 11.7. The number of nitrogens with one attached hydrogen (secondary N) is 3. The predicted molar refractivity (Wildman–Crippen MR) is 96.9 cm³/mol. The lowest BCUT2D eigenvalue weighted by atomic mass is 10.2. The Balaban J connectivity index is 1.42. The number of para-hydroxylation sites is 1. The van der Waals surface area contributed by atoms with Crippen molar-refractivity contribution in [3.8, 4) is 17.2 Å². The van der Waals surface area contributed by atoms with Crippen LogP contribution in [0.4, 0.5) is 5.69 Å². The van der Waals surface area contributed by atoms with Gasteiger partial charge in [-0.1, -0.05) is 18.2 Å². The highest BCUT2D eigenvalue weighted by atomic mass is 32.1. The van der Waals surface area contributed by atoms with E-state index in [4.69, 9.17) is 26.4 Å². The number of rotatable bonds is 4. The fraction of sp³-hybridized carbons (Fsp3) is 0.176. The molecule has 1 aliphatic rings. The minimum absolute atomic E-state index is 0.121. The lowest BCUT2D eigenvalue weighted by molar-refractivity contribution is -0.123. The van der Waals surface area contributed by atoms with Crippen molar-refractivity contribution in [2.45, 2.75) is 0 Å². The quantitative estimate of drug-likeness (QED) is 0.568. The Kier molecular flexibility index (Phi) is 5.53. The minimum Gasteiger partial charge on any atom is -0.486 e. The van der Waals surface area contributed by atoms with Gasteiger partial charge in [0.2, 0.25) is 0 Å². The molecule has 0 aromatic heterocycles. The van der Waals surface area contributed by atoms with Gasteiger partial charge in [-0.05, 0) is 36.5 Å². The molecule has 2 aromatic rings. The van der Waals surface area contributed by atoms with E-state index in [1.54, 1.807) is 24.3 Å². The van der Waals surface area contributed by atoms with Crippen molar-refractivity contribution in [1.82, 2.24) is 10.9 Å². The molecule has 3 rings (SSSR count). The van der Waals surface area contributed by atoms with Crippen LogP contribution in [-0.4, -0.2) is 30.8 Å². The third-order valence-electron chi connectivity index (χ3n) is 3.23. The second-order valence-electron chi connectivity index (χ2n) is 5.09. The fourth-order valence-corrected chi connectivity index (χ4v) is 2.28. The maximum atomic E-state index is 11.7. The van der Waals surface area contributed by atoms with E-state index in [1.165, 1.54) is 0 Å². The first-order chi connectivity index (χ1) is 12.2. The van der Waals surface area contributed by atoms with Gasteiger partial charge in [-0.15, -0.1) is 0 Å². The molecule has 8 heteroatoms. The van der Waals surface area contributed by atoms with E-state index >= 15 is 0 Å². The van der Waals surface area contributed by atoms with Crippen molar-refractivity contribution >= 4 is 28.9 Å². The van der Waals surface area contributed by atoms with Gasteiger partial charge >= 0.3 is 0 Å². The van der Waals surface area contributed by atoms with Crippen LogP contribution in [-0.2, 0) is 4.79 Å². The van der Waals surface area contributed by atoms with Crippen LogP contribution in [0.2, 0.25) is 0 Å². The summed E-state index contributed by atoms with van der Waals surface area (Å²) in [7, 11) is 0. The Bertz CT molecular complexity index is 755. The summed E-state index contributed by atoms with van der Waals surface area (Å²) >= 11 is 5.14. The van der Waals surface area contributed by atoms with Crippen LogP contribution < -0.4 is 30.4 Å². The molecule has 1 heterocycles. The number of amides is 1. The normalized spacial score (nSPS) is 12.0. The summed E-state index contributed by atoms with van der Waals surface area (Å²) < 4.78 is 16.3. The first-order valence-electron chi connectivity index (χ1n) is 7.64. The molecule has 1 aliphatic heterocycles. The van der Waals surface area contributed by atoms with Crippen molar-refractivity contribution in [3.63, 3.8) is 0 Å². The lowest BCUT2D eigenvalue weighted by Crippen LogP contribution is -2.45. The Labute approximate surface area is 150 Å². The molecule has 0 radical (unpaired) electrons. The van der Waals surface area contributed by atoms with Gasteiger partial charge in [0.1, 0.15) is 19.0 Å². The number of carbonyl (C=O) groups is 1. The van der Waals surface area contributed by atoms with Gasteiger partial charge in [0.15, 0.2) is 23.2 Å². The number of thiocarbonyl (C=S) groups is 1. The van der Waals surface area contributed by atoms with Crippen LogP contribution in [0.3, 0.4) is 0 Å². The van der Waals surface area contributed by atoms with Crippen molar-refractivity contribution < 1.29 is 19.0 Å². The van der Waals surface area contributed by atoms with Crippen LogP contribution in [0.25, 0.3) is 0 Å². The van der Waals surface area contributed by atoms with Crippen LogP contribution in [0.1, 0.15) is 0 Å². The summed E-state index contributed by atoms with van der Waals surface area (Å²) in [5.41, 5.74) is 5.80. The van der Waals surface area contributed by atoms with Gasteiger partial charge in [-0.25, -0.2) is 0 Å². The summed E-state index contributed by atoms with van der Waals surface area (Å²) in [5.74, 6) is 1.62. The molecule has 2 aromatic carbocycles. The number of benzene rings is 2. The van der Waals surface area contributed by atoms with Gasteiger partial charge < -0.3 is 19.5 Å². The number of carbonyl (C=O) groups excluding carboxylic acids is 1. The molecular weight excluding hydrogens is 342 g/mol. The molecule has 0 fully saturated rings. The van der Waals surface area contributed by atoms with Crippen LogP contribution in [0.5, 0.6) is 17.2 Å². The average molecular weight is 359 g/mol. The number of hydrogen-bond donors (Lipinski definition) is 3. The van der Waals surface area contributed by atoms with Gasteiger partial charge in [0.25, 0.3) is 5.91 Å². The second kappa shape index (κ2) is 8.20. The zero-order valence-corrected chi connectivity index (χ0v) is 14.1. The zero-order valence-electron chi connectivity index (χ0n) is 13.3. The number of hydrogen-bond acceptors (Lipinski definition) is 5. The van der Waals surface area contributed by atoms with Crippen molar-refractivity contribution in [1.29, 1.82) is 0 Å². The molecule has 130 valence electrons. The van der Waals surface area contributed by atoms with E-state index in [-0.39, 0.29) is 17.6 Å².